The summed E-state index contributed by atoms with van der Waals surface area (Å²) in [7, 11) is 0. The number of likely N-dealkylation sites (N-methyl/N-ethyl adjacent to an activating group) is 1. The molecule has 0 aromatic rings. The fraction of sp³-hybridized carbons (Fsp3) is 0.833. The van der Waals surface area contributed by atoms with Crippen molar-refractivity contribution in [3.05, 3.63) is 12.2 Å². The zero-order chi connectivity index (χ0) is 21.6. The summed E-state index contributed by atoms with van der Waals surface area (Å²) in [5.74, 6) is -0.978. The molecule has 0 amide bonds. The van der Waals surface area contributed by atoms with Crippen LogP contribution in [-0.4, -0.2) is 49.7 Å². The molecule has 0 aromatic carbocycles. The van der Waals surface area contributed by atoms with Crippen molar-refractivity contribution in [1.82, 2.24) is 4.90 Å². The molecule has 0 radical (unpaired) electrons. The number of ether oxygens (including phenoxy) is 2. The van der Waals surface area contributed by atoms with Crippen LogP contribution in [0.2, 0.25) is 0 Å². The van der Waals surface area contributed by atoms with Gasteiger partial charge in [0.25, 0.3) is 0 Å². The topological polar surface area (TPSA) is 55.8 Å². The summed E-state index contributed by atoms with van der Waals surface area (Å²) >= 11 is 0. The van der Waals surface area contributed by atoms with Gasteiger partial charge in [-0.05, 0) is 19.5 Å². The van der Waals surface area contributed by atoms with Gasteiger partial charge >= 0.3 is 11.9 Å². The average Bonchev–Trinajstić information content (AvgIpc) is 2.73. The summed E-state index contributed by atoms with van der Waals surface area (Å²) < 4.78 is 10.2. The van der Waals surface area contributed by atoms with Crippen molar-refractivity contribution < 1.29 is 19.1 Å². The van der Waals surface area contributed by atoms with Gasteiger partial charge in [0.2, 0.25) is 0 Å². The molecular formula is C24H45NO4. The Morgan fingerprint density at radius 1 is 0.621 bits per heavy atom. The predicted octanol–water partition coefficient (Wildman–Crippen LogP) is 5.67. The molecule has 5 nitrogen and oxygen atoms in total. The Balaban J connectivity index is 3.46. The van der Waals surface area contributed by atoms with Crippen molar-refractivity contribution in [3.8, 4) is 0 Å². The number of rotatable bonds is 20. The van der Waals surface area contributed by atoms with E-state index in [1.54, 1.807) is 0 Å². The van der Waals surface area contributed by atoms with Crippen molar-refractivity contribution in [1.29, 1.82) is 0 Å². The van der Waals surface area contributed by atoms with Gasteiger partial charge in [0.05, 0.1) is 6.61 Å². The Bertz CT molecular complexity index is 419. The van der Waals surface area contributed by atoms with Crippen molar-refractivity contribution in [2.24, 2.45) is 0 Å². The van der Waals surface area contributed by atoms with Gasteiger partial charge in [0.1, 0.15) is 6.61 Å². The van der Waals surface area contributed by atoms with E-state index in [1.807, 2.05) is 0 Å². The molecular weight excluding hydrogens is 366 g/mol. The highest BCUT2D eigenvalue weighted by Gasteiger charge is 2.03. The number of unbranched alkanes of at least 4 members (excludes halogenated alkanes) is 11. The molecule has 0 unspecified atom stereocenters. The fourth-order valence-corrected chi connectivity index (χ4v) is 3.16. The van der Waals surface area contributed by atoms with Crippen molar-refractivity contribution in [2.75, 3.05) is 32.8 Å². The van der Waals surface area contributed by atoms with E-state index in [2.05, 4.69) is 25.7 Å². The van der Waals surface area contributed by atoms with Crippen molar-refractivity contribution in [2.45, 2.75) is 97.8 Å². The largest absolute Gasteiger partial charge is 0.463 e. The van der Waals surface area contributed by atoms with Crippen LogP contribution in [-0.2, 0) is 19.1 Å². The van der Waals surface area contributed by atoms with E-state index in [-0.39, 0.29) is 0 Å². The normalized spacial score (nSPS) is 11.3. The first-order valence-electron chi connectivity index (χ1n) is 11.9. The van der Waals surface area contributed by atoms with Crippen LogP contribution >= 0.6 is 0 Å². The number of carbonyl (C=O) groups is 2. The Morgan fingerprint density at radius 3 is 1.48 bits per heavy atom. The van der Waals surface area contributed by atoms with Gasteiger partial charge < -0.3 is 14.4 Å². The van der Waals surface area contributed by atoms with Crippen LogP contribution in [0.5, 0.6) is 0 Å². The van der Waals surface area contributed by atoms with E-state index >= 15 is 0 Å². The van der Waals surface area contributed by atoms with E-state index < -0.39 is 11.9 Å². The van der Waals surface area contributed by atoms with Crippen LogP contribution in [0, 0.1) is 0 Å². The van der Waals surface area contributed by atoms with Crippen LogP contribution in [0.3, 0.4) is 0 Å². The van der Waals surface area contributed by atoms with Gasteiger partial charge in [-0.1, -0.05) is 91.4 Å². The lowest BCUT2D eigenvalue weighted by molar-refractivity contribution is -0.140. The Morgan fingerprint density at radius 2 is 1.03 bits per heavy atom. The number of hydrogen-bond acceptors (Lipinski definition) is 5. The summed E-state index contributed by atoms with van der Waals surface area (Å²) in [5.41, 5.74) is 0. The minimum absolute atomic E-state index is 0.332. The zero-order valence-corrected chi connectivity index (χ0v) is 19.3. The summed E-state index contributed by atoms with van der Waals surface area (Å²) in [6.07, 6.45) is 17.6. The standard InChI is InChI=1S/C24H45NO4/c1-4-7-8-9-10-11-12-13-14-15-16-17-21-28-23(26)18-19-24(27)29-22-20-25(5-2)6-3/h18-19H,4-17,20-22H2,1-3H3/b19-18+. The number of hydrogen-bond donors (Lipinski definition) is 0. The third-order valence-corrected chi connectivity index (χ3v) is 5.14. The maximum Gasteiger partial charge on any atom is 0.331 e. The lowest BCUT2D eigenvalue weighted by Crippen LogP contribution is -2.27. The third kappa shape index (κ3) is 19.7. The van der Waals surface area contributed by atoms with Gasteiger partial charge in [0, 0.05) is 18.7 Å². The summed E-state index contributed by atoms with van der Waals surface area (Å²) in [6.45, 7) is 9.69. The Labute approximate surface area is 179 Å². The van der Waals surface area contributed by atoms with Crippen LogP contribution in [0.25, 0.3) is 0 Å². The zero-order valence-electron chi connectivity index (χ0n) is 19.3. The molecule has 0 aliphatic heterocycles. The highest BCUT2D eigenvalue weighted by atomic mass is 16.5. The molecule has 29 heavy (non-hydrogen) atoms. The maximum atomic E-state index is 11.6. The van der Waals surface area contributed by atoms with Gasteiger partial charge in [-0.2, -0.15) is 0 Å². The first-order chi connectivity index (χ1) is 14.1. The molecule has 0 atom stereocenters. The smallest absolute Gasteiger partial charge is 0.331 e. The molecule has 0 rings (SSSR count). The lowest BCUT2D eigenvalue weighted by Gasteiger charge is -2.16. The van der Waals surface area contributed by atoms with Crippen LogP contribution in [0.15, 0.2) is 12.2 Å². The molecule has 170 valence electrons. The molecule has 0 aliphatic rings. The average molecular weight is 412 g/mol. The van der Waals surface area contributed by atoms with Crippen molar-refractivity contribution >= 4 is 11.9 Å². The first kappa shape index (κ1) is 27.6. The maximum absolute atomic E-state index is 11.6. The van der Waals surface area contributed by atoms with Crippen molar-refractivity contribution in [3.63, 3.8) is 0 Å². The predicted molar refractivity (Wildman–Crippen MR) is 120 cm³/mol. The lowest BCUT2D eigenvalue weighted by atomic mass is 10.1. The van der Waals surface area contributed by atoms with Gasteiger partial charge in [-0.25, -0.2) is 9.59 Å². The van der Waals surface area contributed by atoms with E-state index in [1.165, 1.54) is 64.2 Å². The molecule has 0 N–H and O–H groups in total. The number of esters is 2. The molecule has 0 spiro atoms. The molecule has 0 heterocycles. The second-order valence-electron chi connectivity index (χ2n) is 7.58. The molecule has 0 saturated heterocycles. The molecule has 0 fully saturated rings. The monoisotopic (exact) mass is 411 g/mol. The summed E-state index contributed by atoms with van der Waals surface area (Å²) in [5, 5.41) is 0. The van der Waals surface area contributed by atoms with E-state index in [9.17, 15) is 9.59 Å². The summed E-state index contributed by atoms with van der Waals surface area (Å²) in [6, 6.07) is 0. The quantitative estimate of drug-likeness (QED) is 0.147. The van der Waals surface area contributed by atoms with Gasteiger partial charge in [-0.3, -0.25) is 0 Å². The molecule has 0 aromatic heterocycles. The van der Waals surface area contributed by atoms with Crippen LogP contribution in [0.1, 0.15) is 97.8 Å². The van der Waals surface area contributed by atoms with Crippen LogP contribution < -0.4 is 0 Å². The highest BCUT2D eigenvalue weighted by molar-refractivity contribution is 5.91. The van der Waals surface area contributed by atoms with Crippen LogP contribution in [0.4, 0.5) is 0 Å². The fourth-order valence-electron chi connectivity index (χ4n) is 3.16. The number of carbonyl (C=O) groups excluding carboxylic acids is 2. The first-order valence-corrected chi connectivity index (χ1v) is 11.9. The number of nitrogens with zero attached hydrogens (tertiary/aromatic N) is 1. The van der Waals surface area contributed by atoms with E-state index in [0.717, 1.165) is 38.1 Å². The Kier molecular flexibility index (Phi) is 20.3. The molecule has 0 bridgehead atoms. The SMILES string of the molecule is CCCCCCCCCCCCCCOC(=O)/C=C/C(=O)OCCN(CC)CC. The van der Waals surface area contributed by atoms with E-state index in [0.29, 0.717) is 19.8 Å². The minimum atomic E-state index is -0.500. The second kappa shape index (κ2) is 21.4. The van der Waals surface area contributed by atoms with Gasteiger partial charge in [0.15, 0.2) is 0 Å². The van der Waals surface area contributed by atoms with Gasteiger partial charge in [-0.15, -0.1) is 0 Å². The molecule has 0 aliphatic carbocycles. The minimum Gasteiger partial charge on any atom is -0.463 e. The third-order valence-electron chi connectivity index (χ3n) is 5.14. The molecule has 5 heteroatoms. The molecule has 0 saturated carbocycles. The van der Waals surface area contributed by atoms with E-state index in [4.69, 9.17) is 9.47 Å². The highest BCUT2D eigenvalue weighted by Crippen LogP contribution is 2.11. The second-order valence-corrected chi connectivity index (χ2v) is 7.58. The summed E-state index contributed by atoms with van der Waals surface area (Å²) in [4.78, 5) is 25.3. The Hall–Kier alpha value is -1.36.